The lowest BCUT2D eigenvalue weighted by Crippen LogP contribution is -2.42. The van der Waals surface area contributed by atoms with Gasteiger partial charge in [-0.1, -0.05) is 43.7 Å². The third kappa shape index (κ3) is 5.73. The van der Waals surface area contributed by atoms with E-state index >= 15 is 0 Å². The van der Waals surface area contributed by atoms with Crippen molar-refractivity contribution in [3.63, 3.8) is 0 Å². The highest BCUT2D eigenvalue weighted by Gasteiger charge is 2.32. The lowest BCUT2D eigenvalue weighted by molar-refractivity contribution is -0.137. The molecule has 1 amide bonds. The summed E-state index contributed by atoms with van der Waals surface area (Å²) in [6.45, 7) is 2.76. The van der Waals surface area contributed by atoms with Crippen molar-refractivity contribution in [3.05, 3.63) is 65.2 Å². The predicted octanol–water partition coefficient (Wildman–Crippen LogP) is 4.11. The molecule has 1 aliphatic rings. The molecule has 3 N–H and O–H groups in total. The Kier molecular flexibility index (Phi) is 7.33. The molecule has 1 aliphatic heterocycles. The molecule has 0 saturated carbocycles. The summed E-state index contributed by atoms with van der Waals surface area (Å²) in [7, 11) is 0. The summed E-state index contributed by atoms with van der Waals surface area (Å²) in [4.78, 5) is 12.5. The molecular formula is C22H26F3N3O2. The van der Waals surface area contributed by atoms with Gasteiger partial charge in [-0.25, -0.2) is 10.9 Å². The standard InChI is InChI=1S/C22H26F3N3O2/c1-2-3-11-30-20-10-5-4-9-17(20)18-13-19(28-27-18)21(29)26-14-15-7-6-8-16(12-15)22(23,24)25/h4-10,12,18-19,27-28H,2-3,11,13-14H2,1H3,(H,26,29). The summed E-state index contributed by atoms with van der Waals surface area (Å²) >= 11 is 0. The van der Waals surface area contributed by atoms with E-state index in [-0.39, 0.29) is 18.5 Å². The molecule has 0 aliphatic carbocycles. The van der Waals surface area contributed by atoms with Crippen LogP contribution < -0.4 is 20.9 Å². The third-order valence-electron chi connectivity index (χ3n) is 4.99. The molecule has 8 heteroatoms. The van der Waals surface area contributed by atoms with Crippen molar-refractivity contribution in [2.45, 2.75) is 51.0 Å². The summed E-state index contributed by atoms with van der Waals surface area (Å²) in [5.41, 5.74) is 6.73. The van der Waals surface area contributed by atoms with Gasteiger partial charge in [-0.05, 0) is 36.6 Å². The van der Waals surface area contributed by atoms with Crippen molar-refractivity contribution in [2.75, 3.05) is 6.61 Å². The first-order valence-electron chi connectivity index (χ1n) is 10.0. The molecule has 3 rings (SSSR count). The number of amides is 1. The van der Waals surface area contributed by atoms with E-state index < -0.39 is 17.8 Å². The predicted molar refractivity (Wildman–Crippen MR) is 108 cm³/mol. The van der Waals surface area contributed by atoms with E-state index in [2.05, 4.69) is 23.1 Å². The van der Waals surface area contributed by atoms with Crippen LogP contribution in [0, 0.1) is 0 Å². The minimum absolute atomic E-state index is 0.0301. The highest BCUT2D eigenvalue weighted by Crippen LogP contribution is 2.31. The second kappa shape index (κ2) is 9.95. The Bertz CT molecular complexity index is 858. The SMILES string of the molecule is CCCCOc1ccccc1C1CC(C(=O)NCc2cccc(C(F)(F)F)c2)NN1. The Morgan fingerprint density at radius 1 is 1.17 bits per heavy atom. The third-order valence-corrected chi connectivity index (χ3v) is 4.99. The average Bonchev–Trinajstić information content (AvgIpc) is 3.22. The van der Waals surface area contributed by atoms with E-state index in [1.165, 1.54) is 6.07 Å². The van der Waals surface area contributed by atoms with Crippen molar-refractivity contribution < 1.29 is 22.7 Å². The van der Waals surface area contributed by atoms with Crippen LogP contribution in [0.2, 0.25) is 0 Å². The van der Waals surface area contributed by atoms with E-state index in [0.29, 0.717) is 18.6 Å². The van der Waals surface area contributed by atoms with Crippen LogP contribution in [0.3, 0.4) is 0 Å². The zero-order valence-electron chi connectivity index (χ0n) is 16.8. The summed E-state index contributed by atoms with van der Waals surface area (Å²) in [5, 5.41) is 2.71. The molecule has 5 nitrogen and oxygen atoms in total. The number of para-hydroxylation sites is 1. The van der Waals surface area contributed by atoms with Gasteiger partial charge in [-0.2, -0.15) is 13.2 Å². The Labute approximate surface area is 174 Å². The lowest BCUT2D eigenvalue weighted by Gasteiger charge is -2.16. The van der Waals surface area contributed by atoms with Gasteiger partial charge in [0.05, 0.1) is 18.2 Å². The molecular weight excluding hydrogens is 395 g/mol. The Hall–Kier alpha value is -2.58. The van der Waals surface area contributed by atoms with Gasteiger partial charge >= 0.3 is 6.18 Å². The van der Waals surface area contributed by atoms with E-state index in [1.54, 1.807) is 6.07 Å². The zero-order chi connectivity index (χ0) is 21.6. The monoisotopic (exact) mass is 421 g/mol. The van der Waals surface area contributed by atoms with Gasteiger partial charge in [-0.3, -0.25) is 4.79 Å². The average molecular weight is 421 g/mol. The molecule has 0 bridgehead atoms. The number of hydrogen-bond acceptors (Lipinski definition) is 4. The number of alkyl halides is 3. The van der Waals surface area contributed by atoms with Gasteiger partial charge in [0.25, 0.3) is 0 Å². The summed E-state index contributed by atoms with van der Waals surface area (Å²) < 4.78 is 44.4. The number of ether oxygens (including phenoxy) is 1. The fourth-order valence-corrected chi connectivity index (χ4v) is 3.33. The van der Waals surface area contributed by atoms with E-state index in [9.17, 15) is 18.0 Å². The number of halogens is 3. The van der Waals surface area contributed by atoms with Crippen molar-refractivity contribution in [1.29, 1.82) is 0 Å². The van der Waals surface area contributed by atoms with Crippen LogP contribution in [0.1, 0.15) is 48.9 Å². The van der Waals surface area contributed by atoms with Gasteiger partial charge in [0.1, 0.15) is 11.8 Å². The molecule has 0 aromatic heterocycles. The maximum atomic E-state index is 12.8. The fraction of sp³-hybridized carbons (Fsp3) is 0.409. The number of carbonyl (C=O) groups is 1. The highest BCUT2D eigenvalue weighted by molar-refractivity contribution is 5.82. The number of nitrogens with one attached hydrogen (secondary N) is 3. The van der Waals surface area contributed by atoms with Gasteiger partial charge in [0, 0.05) is 12.1 Å². The molecule has 0 spiro atoms. The number of unbranched alkanes of at least 4 members (excludes halogenated alkanes) is 1. The molecule has 0 radical (unpaired) electrons. The Morgan fingerprint density at radius 3 is 2.73 bits per heavy atom. The fourth-order valence-electron chi connectivity index (χ4n) is 3.33. The molecule has 30 heavy (non-hydrogen) atoms. The van der Waals surface area contributed by atoms with Crippen molar-refractivity contribution in [2.24, 2.45) is 0 Å². The number of benzene rings is 2. The Balaban J connectivity index is 1.56. The van der Waals surface area contributed by atoms with Crippen molar-refractivity contribution in [3.8, 4) is 5.75 Å². The molecule has 162 valence electrons. The maximum absolute atomic E-state index is 12.8. The number of rotatable bonds is 8. The van der Waals surface area contributed by atoms with Crippen LogP contribution in [-0.4, -0.2) is 18.6 Å². The second-order valence-electron chi connectivity index (χ2n) is 7.29. The highest BCUT2D eigenvalue weighted by atomic mass is 19.4. The zero-order valence-corrected chi connectivity index (χ0v) is 16.8. The first-order valence-corrected chi connectivity index (χ1v) is 10.0. The van der Waals surface area contributed by atoms with Crippen LogP contribution >= 0.6 is 0 Å². The van der Waals surface area contributed by atoms with Crippen LogP contribution in [0.4, 0.5) is 13.2 Å². The summed E-state index contributed by atoms with van der Waals surface area (Å²) in [5.74, 6) is 0.516. The molecule has 2 atom stereocenters. The van der Waals surface area contributed by atoms with E-state index in [1.807, 2.05) is 24.3 Å². The minimum Gasteiger partial charge on any atom is -0.493 e. The molecule has 1 heterocycles. The molecule has 2 unspecified atom stereocenters. The van der Waals surface area contributed by atoms with E-state index in [0.717, 1.165) is 36.3 Å². The molecule has 2 aromatic rings. The minimum atomic E-state index is -4.41. The lowest BCUT2D eigenvalue weighted by atomic mass is 10.0. The quantitative estimate of drug-likeness (QED) is 0.562. The molecule has 2 aromatic carbocycles. The number of carbonyl (C=O) groups excluding carboxylic acids is 1. The van der Waals surface area contributed by atoms with Crippen LogP contribution in [0.25, 0.3) is 0 Å². The molecule has 1 fully saturated rings. The molecule has 1 saturated heterocycles. The Morgan fingerprint density at radius 2 is 1.97 bits per heavy atom. The van der Waals surface area contributed by atoms with Crippen molar-refractivity contribution >= 4 is 5.91 Å². The normalized spacial score (nSPS) is 18.9. The van der Waals surface area contributed by atoms with Gasteiger partial charge in [-0.15, -0.1) is 0 Å². The number of hydrazine groups is 1. The van der Waals surface area contributed by atoms with Crippen LogP contribution in [-0.2, 0) is 17.5 Å². The topological polar surface area (TPSA) is 62.4 Å². The van der Waals surface area contributed by atoms with Crippen molar-refractivity contribution in [1.82, 2.24) is 16.2 Å². The van der Waals surface area contributed by atoms with Gasteiger partial charge in [0.15, 0.2) is 0 Å². The maximum Gasteiger partial charge on any atom is 0.416 e. The first-order chi connectivity index (χ1) is 14.4. The smallest absolute Gasteiger partial charge is 0.416 e. The van der Waals surface area contributed by atoms with Crippen LogP contribution in [0.5, 0.6) is 5.75 Å². The first kappa shape index (κ1) is 22.1. The second-order valence-corrected chi connectivity index (χ2v) is 7.29. The summed E-state index contributed by atoms with van der Waals surface area (Å²) in [6, 6.07) is 12.1. The largest absolute Gasteiger partial charge is 0.493 e. The van der Waals surface area contributed by atoms with Crippen LogP contribution in [0.15, 0.2) is 48.5 Å². The number of hydrogen-bond donors (Lipinski definition) is 3. The van der Waals surface area contributed by atoms with Gasteiger partial charge in [0.2, 0.25) is 5.91 Å². The van der Waals surface area contributed by atoms with E-state index in [4.69, 9.17) is 4.74 Å². The summed E-state index contributed by atoms with van der Waals surface area (Å²) in [6.07, 6.45) is -1.90. The van der Waals surface area contributed by atoms with Gasteiger partial charge < -0.3 is 10.1 Å².